The highest BCUT2D eigenvalue weighted by molar-refractivity contribution is 7.92. The van der Waals surface area contributed by atoms with Gasteiger partial charge in [-0.1, -0.05) is 77.9 Å². The molecule has 0 saturated heterocycles. The van der Waals surface area contributed by atoms with Crippen LogP contribution in [-0.4, -0.2) is 62.2 Å². The molecule has 0 heterocycles. The van der Waals surface area contributed by atoms with Crippen molar-refractivity contribution in [2.24, 2.45) is 17.8 Å². The van der Waals surface area contributed by atoms with Gasteiger partial charge in [0.25, 0.3) is 5.91 Å². The molecule has 0 unspecified atom stereocenters. The van der Waals surface area contributed by atoms with Crippen molar-refractivity contribution in [2.45, 2.75) is 85.5 Å². The first kappa shape index (κ1) is 36.8. The Morgan fingerprint density at radius 2 is 1.55 bits per heavy atom. The van der Waals surface area contributed by atoms with Crippen molar-refractivity contribution in [1.82, 2.24) is 16.0 Å². The normalized spacial score (nSPS) is 14.4. The summed E-state index contributed by atoms with van der Waals surface area (Å²) >= 11 is 0. The Bertz CT molecular complexity index is 1330. The number of amides is 3. The minimum absolute atomic E-state index is 0.00931. The molecule has 0 bridgehead atoms. The van der Waals surface area contributed by atoms with E-state index in [2.05, 4.69) is 16.0 Å². The molecule has 2 rings (SSSR count). The monoisotopic (exact) mass is 630 g/mol. The number of nitrogens with zero attached hydrogens (tertiary/aromatic N) is 1. The predicted octanol–water partition coefficient (Wildman–Crippen LogP) is 3.85. The van der Waals surface area contributed by atoms with E-state index in [4.69, 9.17) is 0 Å². The molecule has 11 heteroatoms. The lowest BCUT2D eigenvalue weighted by molar-refractivity contribution is -0.132. The quantitative estimate of drug-likeness (QED) is 0.209. The zero-order valence-corrected chi connectivity index (χ0v) is 27.9. The van der Waals surface area contributed by atoms with Crippen LogP contribution in [0.1, 0.15) is 76.7 Å². The van der Waals surface area contributed by atoms with Crippen molar-refractivity contribution >= 4 is 33.4 Å². The van der Waals surface area contributed by atoms with Gasteiger partial charge in [-0.2, -0.15) is 0 Å². The van der Waals surface area contributed by atoms with E-state index in [0.717, 1.165) is 5.56 Å². The fourth-order valence-electron chi connectivity index (χ4n) is 4.83. The van der Waals surface area contributed by atoms with E-state index in [1.54, 1.807) is 32.0 Å². The third kappa shape index (κ3) is 11.2. The Labute approximate surface area is 263 Å². The Balaban J connectivity index is 2.08. The average Bonchev–Trinajstić information content (AvgIpc) is 2.97. The van der Waals surface area contributed by atoms with Gasteiger partial charge in [-0.3, -0.25) is 18.7 Å². The first-order valence-electron chi connectivity index (χ1n) is 15.3. The molecule has 0 radical (unpaired) electrons. The van der Waals surface area contributed by atoms with Crippen molar-refractivity contribution in [1.29, 1.82) is 0 Å². The van der Waals surface area contributed by atoms with Gasteiger partial charge in [0.1, 0.15) is 6.04 Å². The number of sulfonamides is 1. The SMILES string of the molecule is CCCS(=O)(=O)N(C)c1cccc(C(=O)N[C@@H](CC(C)C)[C@@H](O)C[C@@H](C)C(=O)N[C@H](C(=O)NCc2ccccc2)C(C)C)c1. The number of aliphatic hydroxyl groups excluding tert-OH is 1. The van der Waals surface area contributed by atoms with Gasteiger partial charge >= 0.3 is 0 Å². The third-order valence-corrected chi connectivity index (χ3v) is 9.43. The Hall–Kier alpha value is -3.44. The van der Waals surface area contributed by atoms with Crippen LogP contribution in [0, 0.1) is 17.8 Å². The molecule has 0 fully saturated rings. The molecule has 4 atom stereocenters. The first-order chi connectivity index (χ1) is 20.7. The second kappa shape index (κ2) is 17.2. The Kier molecular flexibility index (Phi) is 14.3. The lowest BCUT2D eigenvalue weighted by Gasteiger charge is -2.29. The number of nitrogens with one attached hydrogen (secondary N) is 3. The Morgan fingerprint density at radius 3 is 2.14 bits per heavy atom. The first-order valence-corrected chi connectivity index (χ1v) is 16.9. The number of aliphatic hydroxyl groups is 1. The van der Waals surface area contributed by atoms with Crippen LogP contribution >= 0.6 is 0 Å². The third-order valence-electron chi connectivity index (χ3n) is 7.46. The van der Waals surface area contributed by atoms with E-state index in [9.17, 15) is 27.9 Å². The summed E-state index contributed by atoms with van der Waals surface area (Å²) in [6, 6.07) is 14.4. The second-order valence-corrected chi connectivity index (χ2v) is 14.3. The van der Waals surface area contributed by atoms with E-state index in [1.807, 2.05) is 58.0 Å². The molecule has 0 aliphatic carbocycles. The van der Waals surface area contributed by atoms with E-state index >= 15 is 0 Å². The minimum atomic E-state index is -3.52. The van der Waals surface area contributed by atoms with Gasteiger partial charge in [0.05, 0.1) is 23.6 Å². The summed E-state index contributed by atoms with van der Waals surface area (Å²) < 4.78 is 26.2. The van der Waals surface area contributed by atoms with Crippen LogP contribution in [-0.2, 0) is 26.2 Å². The van der Waals surface area contributed by atoms with Crippen molar-refractivity contribution < 1.29 is 27.9 Å². The molecule has 0 aliphatic rings. The number of carbonyl (C=O) groups excluding carboxylic acids is 3. The predicted molar refractivity (Wildman–Crippen MR) is 174 cm³/mol. The maximum Gasteiger partial charge on any atom is 0.251 e. The summed E-state index contributed by atoms with van der Waals surface area (Å²) in [6.45, 7) is 11.5. The van der Waals surface area contributed by atoms with Crippen LogP contribution in [0.5, 0.6) is 0 Å². The standard InChI is InChI=1S/C33H50N4O6S/c1-8-17-44(42,43)37(7)27-16-12-15-26(20-27)32(40)35-28(18-22(2)3)29(38)19-24(6)31(39)36-30(23(4)5)33(41)34-21-25-13-10-9-11-14-25/h9-16,20,22-24,28-30,38H,8,17-19,21H2,1-7H3,(H,34,41)(H,35,40)(H,36,39)/t24-,28+,29+,30+/m1/s1. The smallest absolute Gasteiger partial charge is 0.251 e. The fraction of sp³-hybridized carbons (Fsp3) is 0.545. The van der Waals surface area contributed by atoms with E-state index in [-0.39, 0.29) is 41.4 Å². The number of benzene rings is 2. The van der Waals surface area contributed by atoms with Gasteiger partial charge in [0.2, 0.25) is 21.8 Å². The van der Waals surface area contributed by atoms with Crippen LogP contribution in [0.25, 0.3) is 0 Å². The average molecular weight is 631 g/mol. The van der Waals surface area contributed by atoms with Crippen molar-refractivity contribution in [2.75, 3.05) is 17.1 Å². The van der Waals surface area contributed by atoms with Crippen LogP contribution in [0.15, 0.2) is 54.6 Å². The summed E-state index contributed by atoms with van der Waals surface area (Å²) in [5.41, 5.74) is 1.57. The maximum absolute atomic E-state index is 13.3. The van der Waals surface area contributed by atoms with Gasteiger partial charge < -0.3 is 21.1 Å². The fourth-order valence-corrected chi connectivity index (χ4v) is 6.05. The highest BCUT2D eigenvalue weighted by Gasteiger charge is 2.30. The summed E-state index contributed by atoms with van der Waals surface area (Å²) in [5, 5.41) is 19.8. The topological polar surface area (TPSA) is 145 Å². The zero-order chi connectivity index (χ0) is 33.0. The number of anilines is 1. The summed E-state index contributed by atoms with van der Waals surface area (Å²) in [7, 11) is -2.06. The molecule has 0 spiro atoms. The van der Waals surface area contributed by atoms with Gasteiger partial charge in [-0.15, -0.1) is 0 Å². The molecule has 4 N–H and O–H groups in total. The van der Waals surface area contributed by atoms with Crippen molar-refractivity contribution in [3.05, 3.63) is 65.7 Å². The molecule has 0 aliphatic heterocycles. The summed E-state index contributed by atoms with van der Waals surface area (Å²) in [4.78, 5) is 39.3. The van der Waals surface area contributed by atoms with Crippen LogP contribution in [0.3, 0.4) is 0 Å². The van der Waals surface area contributed by atoms with Gasteiger partial charge in [-0.05, 0) is 54.9 Å². The molecule has 0 aromatic heterocycles. The zero-order valence-electron chi connectivity index (χ0n) is 27.0. The molecule has 0 saturated carbocycles. The summed E-state index contributed by atoms with van der Waals surface area (Å²) in [6.07, 6.45) is -0.0417. The number of hydrogen-bond acceptors (Lipinski definition) is 6. The summed E-state index contributed by atoms with van der Waals surface area (Å²) in [5.74, 6) is -1.78. The highest BCUT2D eigenvalue weighted by atomic mass is 32.2. The second-order valence-electron chi connectivity index (χ2n) is 12.2. The molecule has 10 nitrogen and oxygen atoms in total. The number of carbonyl (C=O) groups is 3. The van der Waals surface area contributed by atoms with Crippen molar-refractivity contribution in [3.8, 4) is 0 Å². The van der Waals surface area contributed by atoms with Crippen LogP contribution in [0.2, 0.25) is 0 Å². The highest BCUT2D eigenvalue weighted by Crippen LogP contribution is 2.21. The Morgan fingerprint density at radius 1 is 0.886 bits per heavy atom. The maximum atomic E-state index is 13.3. The molecule has 2 aromatic carbocycles. The van der Waals surface area contributed by atoms with Crippen molar-refractivity contribution in [3.63, 3.8) is 0 Å². The lowest BCUT2D eigenvalue weighted by Crippen LogP contribution is -2.51. The van der Waals surface area contributed by atoms with E-state index < -0.39 is 40.0 Å². The van der Waals surface area contributed by atoms with Gasteiger partial charge in [-0.25, -0.2) is 8.42 Å². The lowest BCUT2D eigenvalue weighted by atomic mass is 9.91. The molecular weight excluding hydrogens is 580 g/mol. The van der Waals surface area contributed by atoms with E-state index in [1.165, 1.54) is 17.4 Å². The molecule has 244 valence electrons. The molecule has 3 amide bonds. The molecular formula is C33H50N4O6S. The van der Waals surface area contributed by atoms with Gasteiger partial charge in [0.15, 0.2) is 0 Å². The molecule has 44 heavy (non-hydrogen) atoms. The van der Waals surface area contributed by atoms with Crippen LogP contribution < -0.4 is 20.3 Å². The molecule has 2 aromatic rings. The van der Waals surface area contributed by atoms with Crippen LogP contribution in [0.4, 0.5) is 5.69 Å². The number of rotatable bonds is 17. The van der Waals surface area contributed by atoms with E-state index in [0.29, 0.717) is 25.1 Å². The minimum Gasteiger partial charge on any atom is -0.391 e. The largest absolute Gasteiger partial charge is 0.391 e. The number of hydrogen-bond donors (Lipinski definition) is 4. The van der Waals surface area contributed by atoms with Gasteiger partial charge in [0, 0.05) is 25.1 Å².